The Kier molecular flexibility index (Phi) is 5.49. The van der Waals surface area contributed by atoms with Gasteiger partial charge in [0.05, 0.1) is 0 Å². The highest BCUT2D eigenvalue weighted by Gasteiger charge is 2.34. The van der Waals surface area contributed by atoms with Gasteiger partial charge >= 0.3 is 12.1 Å². The lowest BCUT2D eigenvalue weighted by molar-refractivity contribution is -0.143. The van der Waals surface area contributed by atoms with E-state index >= 15 is 0 Å². The lowest BCUT2D eigenvalue weighted by Gasteiger charge is -2.25. The van der Waals surface area contributed by atoms with Gasteiger partial charge in [0.1, 0.15) is 11.6 Å². The number of carbonyl (C=O) groups is 2. The van der Waals surface area contributed by atoms with Gasteiger partial charge in [0.2, 0.25) is 0 Å². The summed E-state index contributed by atoms with van der Waals surface area (Å²) in [7, 11) is 0. The van der Waals surface area contributed by atoms with Gasteiger partial charge in [-0.1, -0.05) is 29.8 Å². The van der Waals surface area contributed by atoms with Crippen molar-refractivity contribution in [3.05, 3.63) is 35.4 Å². The highest BCUT2D eigenvalue weighted by Crippen LogP contribution is 2.26. The van der Waals surface area contributed by atoms with Crippen LogP contribution in [0.15, 0.2) is 24.3 Å². The molecule has 0 spiro atoms. The number of likely N-dealkylation sites (tertiary alicyclic amines) is 1. The summed E-state index contributed by atoms with van der Waals surface area (Å²) < 4.78 is 5.26. The van der Waals surface area contributed by atoms with Gasteiger partial charge in [-0.25, -0.2) is 4.79 Å². The van der Waals surface area contributed by atoms with Crippen LogP contribution in [0, 0.1) is 6.92 Å². The SMILES string of the molecule is Cc1cccc([C@@H](C(=O)O)N2CC[C@@H](NC(=O)OC(C)(C)C)C2)c1. The summed E-state index contributed by atoms with van der Waals surface area (Å²) in [4.78, 5) is 25.5. The van der Waals surface area contributed by atoms with Crippen LogP contribution < -0.4 is 5.32 Å². The van der Waals surface area contributed by atoms with Gasteiger partial charge in [-0.2, -0.15) is 0 Å². The van der Waals surface area contributed by atoms with E-state index in [0.717, 1.165) is 11.1 Å². The fraction of sp³-hybridized carbons (Fsp3) is 0.556. The minimum Gasteiger partial charge on any atom is -0.480 e. The first kappa shape index (κ1) is 18.3. The molecule has 1 aromatic carbocycles. The van der Waals surface area contributed by atoms with Crippen LogP contribution >= 0.6 is 0 Å². The van der Waals surface area contributed by atoms with Crippen LogP contribution in [0.3, 0.4) is 0 Å². The molecule has 2 atom stereocenters. The van der Waals surface area contributed by atoms with E-state index in [2.05, 4.69) is 5.32 Å². The van der Waals surface area contributed by atoms with E-state index in [0.29, 0.717) is 19.5 Å². The number of nitrogens with one attached hydrogen (secondary N) is 1. The number of aliphatic carboxylic acids is 1. The van der Waals surface area contributed by atoms with Gasteiger partial charge in [-0.05, 0) is 39.7 Å². The Hall–Kier alpha value is -2.08. The smallest absolute Gasteiger partial charge is 0.407 e. The minimum absolute atomic E-state index is 0.105. The highest BCUT2D eigenvalue weighted by atomic mass is 16.6. The molecule has 1 aromatic rings. The number of carbonyl (C=O) groups excluding carboxylic acids is 1. The van der Waals surface area contributed by atoms with Gasteiger partial charge in [0.25, 0.3) is 0 Å². The number of hydrogen-bond acceptors (Lipinski definition) is 4. The summed E-state index contributed by atoms with van der Waals surface area (Å²) >= 11 is 0. The van der Waals surface area contributed by atoms with E-state index in [1.165, 1.54) is 0 Å². The van der Waals surface area contributed by atoms with E-state index in [4.69, 9.17) is 4.74 Å². The molecule has 0 radical (unpaired) electrons. The molecule has 1 saturated heterocycles. The molecule has 2 rings (SSSR count). The van der Waals surface area contributed by atoms with E-state index in [-0.39, 0.29) is 6.04 Å². The Morgan fingerprint density at radius 3 is 2.67 bits per heavy atom. The lowest BCUT2D eigenvalue weighted by atomic mass is 10.0. The molecule has 24 heavy (non-hydrogen) atoms. The topological polar surface area (TPSA) is 78.9 Å². The van der Waals surface area contributed by atoms with Crippen LogP contribution in [0.4, 0.5) is 4.79 Å². The number of alkyl carbamates (subject to hydrolysis) is 1. The second-order valence-electron chi connectivity index (χ2n) is 7.28. The molecule has 132 valence electrons. The monoisotopic (exact) mass is 334 g/mol. The van der Waals surface area contributed by atoms with Gasteiger partial charge in [0, 0.05) is 19.1 Å². The molecule has 2 N–H and O–H groups in total. The van der Waals surface area contributed by atoms with Crippen molar-refractivity contribution in [2.45, 2.75) is 51.8 Å². The molecule has 0 bridgehead atoms. The normalized spacial score (nSPS) is 19.8. The molecule has 0 saturated carbocycles. The number of ether oxygens (including phenoxy) is 1. The van der Waals surface area contributed by atoms with Gasteiger partial charge < -0.3 is 15.2 Å². The first-order valence-corrected chi connectivity index (χ1v) is 8.18. The zero-order valence-corrected chi connectivity index (χ0v) is 14.7. The summed E-state index contributed by atoms with van der Waals surface area (Å²) in [5.74, 6) is -0.876. The number of benzene rings is 1. The van der Waals surface area contributed by atoms with E-state index in [1.54, 1.807) is 0 Å². The number of rotatable bonds is 4. The predicted octanol–water partition coefficient (Wildman–Crippen LogP) is 2.72. The second-order valence-corrected chi connectivity index (χ2v) is 7.28. The van der Waals surface area contributed by atoms with E-state index in [1.807, 2.05) is 56.9 Å². The Bertz CT molecular complexity index is 609. The Morgan fingerprint density at radius 2 is 2.08 bits per heavy atom. The molecule has 1 aliphatic heterocycles. The molecule has 6 heteroatoms. The van der Waals surface area contributed by atoms with Crippen LogP contribution in [0.25, 0.3) is 0 Å². The minimum atomic E-state index is -0.876. The molecule has 0 aliphatic carbocycles. The van der Waals surface area contributed by atoms with Crippen LogP contribution in [-0.4, -0.2) is 46.8 Å². The number of carboxylic acid groups (broad SMARTS) is 1. The van der Waals surface area contributed by atoms with Gasteiger partial charge in [0.15, 0.2) is 0 Å². The van der Waals surface area contributed by atoms with Crippen LogP contribution in [-0.2, 0) is 9.53 Å². The number of amides is 1. The molecule has 0 unspecified atom stereocenters. The molecule has 1 heterocycles. The van der Waals surface area contributed by atoms with Crippen molar-refractivity contribution in [1.29, 1.82) is 0 Å². The number of aryl methyl sites for hydroxylation is 1. The third kappa shape index (κ3) is 4.96. The first-order valence-electron chi connectivity index (χ1n) is 8.18. The lowest BCUT2D eigenvalue weighted by Crippen LogP contribution is -2.41. The zero-order chi connectivity index (χ0) is 17.9. The zero-order valence-electron chi connectivity index (χ0n) is 14.7. The van der Waals surface area contributed by atoms with Gasteiger partial charge in [-0.3, -0.25) is 9.69 Å². The van der Waals surface area contributed by atoms with Crippen molar-refractivity contribution >= 4 is 12.1 Å². The standard InChI is InChI=1S/C18H26N2O4/c1-12-6-5-7-13(10-12)15(16(21)22)20-9-8-14(11-20)19-17(23)24-18(2,3)4/h5-7,10,14-15H,8-9,11H2,1-4H3,(H,19,23)(H,21,22)/t14-,15+/m1/s1. The predicted molar refractivity (Wildman–Crippen MR) is 90.9 cm³/mol. The summed E-state index contributed by atoms with van der Waals surface area (Å²) in [5, 5.41) is 12.5. The summed E-state index contributed by atoms with van der Waals surface area (Å²) in [6, 6.07) is 6.74. The van der Waals surface area contributed by atoms with Crippen LogP contribution in [0.1, 0.15) is 44.4 Å². The Labute approximate surface area is 142 Å². The second kappa shape index (κ2) is 7.21. The summed E-state index contributed by atoms with van der Waals surface area (Å²) in [6.07, 6.45) is 0.242. The van der Waals surface area contributed by atoms with Crippen molar-refractivity contribution in [2.24, 2.45) is 0 Å². The van der Waals surface area contributed by atoms with Crippen molar-refractivity contribution in [1.82, 2.24) is 10.2 Å². The Balaban J connectivity index is 2.02. The fourth-order valence-electron chi connectivity index (χ4n) is 2.96. The van der Waals surface area contributed by atoms with Crippen LogP contribution in [0.5, 0.6) is 0 Å². The number of hydrogen-bond donors (Lipinski definition) is 2. The van der Waals surface area contributed by atoms with E-state index < -0.39 is 23.7 Å². The summed E-state index contributed by atoms with van der Waals surface area (Å²) in [5.41, 5.74) is 1.25. The van der Waals surface area contributed by atoms with Gasteiger partial charge in [-0.15, -0.1) is 0 Å². The maximum Gasteiger partial charge on any atom is 0.407 e. The van der Waals surface area contributed by atoms with Crippen LogP contribution in [0.2, 0.25) is 0 Å². The van der Waals surface area contributed by atoms with Crippen molar-refractivity contribution in [3.8, 4) is 0 Å². The molecule has 0 aromatic heterocycles. The van der Waals surface area contributed by atoms with Crippen molar-refractivity contribution < 1.29 is 19.4 Å². The fourth-order valence-corrected chi connectivity index (χ4v) is 2.96. The third-order valence-electron chi connectivity index (χ3n) is 3.90. The average molecular weight is 334 g/mol. The van der Waals surface area contributed by atoms with Crippen molar-refractivity contribution in [3.63, 3.8) is 0 Å². The summed E-state index contributed by atoms with van der Waals surface area (Å²) in [6.45, 7) is 8.48. The quantitative estimate of drug-likeness (QED) is 0.885. The maximum absolute atomic E-state index is 11.9. The highest BCUT2D eigenvalue weighted by molar-refractivity contribution is 5.75. The third-order valence-corrected chi connectivity index (χ3v) is 3.90. The maximum atomic E-state index is 11.9. The van der Waals surface area contributed by atoms with Crippen molar-refractivity contribution in [2.75, 3.05) is 13.1 Å². The first-order chi connectivity index (χ1) is 11.2. The average Bonchev–Trinajstić information content (AvgIpc) is 2.84. The molecular formula is C18H26N2O4. The molecule has 1 aliphatic rings. The molecule has 6 nitrogen and oxygen atoms in total. The molecular weight excluding hydrogens is 308 g/mol. The van der Waals surface area contributed by atoms with E-state index in [9.17, 15) is 14.7 Å². The largest absolute Gasteiger partial charge is 0.480 e. The Morgan fingerprint density at radius 1 is 1.38 bits per heavy atom. The number of nitrogens with zero attached hydrogens (tertiary/aromatic N) is 1. The molecule has 1 amide bonds. The number of carboxylic acids is 1. The molecule has 1 fully saturated rings.